The van der Waals surface area contributed by atoms with Crippen LogP contribution in [0.4, 0.5) is 4.39 Å². The Hall–Kier alpha value is -0.930. The maximum Gasteiger partial charge on any atom is 0.123 e. The molecular weight excluding hydrogens is 167 g/mol. The summed E-state index contributed by atoms with van der Waals surface area (Å²) in [5.74, 6) is -0.175. The number of benzene rings is 1. The maximum atomic E-state index is 12.7. The summed E-state index contributed by atoms with van der Waals surface area (Å²) in [6.45, 7) is 2.65. The zero-order valence-corrected chi connectivity index (χ0v) is 8.26. The molecule has 1 aromatic rings. The average molecular weight is 182 g/mol. The fourth-order valence-electron chi connectivity index (χ4n) is 1.10. The summed E-state index contributed by atoms with van der Waals surface area (Å²) in [6.07, 6.45) is 0. The normalized spacial score (nSPS) is 10.8. The van der Waals surface area contributed by atoms with Crippen molar-refractivity contribution in [2.45, 2.75) is 13.5 Å². The molecule has 0 bridgehead atoms. The van der Waals surface area contributed by atoms with Crippen LogP contribution in [0.15, 0.2) is 18.2 Å². The summed E-state index contributed by atoms with van der Waals surface area (Å²) in [4.78, 5) is 0. The minimum atomic E-state index is -0.175. The molecule has 0 aliphatic carbocycles. The lowest BCUT2D eigenvalue weighted by Crippen LogP contribution is -2.29. The van der Waals surface area contributed by atoms with Crippen LogP contribution in [-0.2, 0) is 6.54 Å². The van der Waals surface area contributed by atoms with Crippen molar-refractivity contribution in [1.82, 2.24) is 10.4 Å². The molecule has 0 aromatic heterocycles. The monoisotopic (exact) mass is 182 g/mol. The second kappa shape index (κ2) is 4.35. The van der Waals surface area contributed by atoms with Gasteiger partial charge in [-0.1, -0.05) is 6.07 Å². The average Bonchev–Trinajstić information content (AvgIpc) is 2.02. The summed E-state index contributed by atoms with van der Waals surface area (Å²) in [5, 5.41) is 1.88. The molecule has 0 saturated heterocycles. The van der Waals surface area contributed by atoms with Crippen molar-refractivity contribution in [3.05, 3.63) is 35.1 Å². The Morgan fingerprint density at radius 2 is 2.08 bits per heavy atom. The van der Waals surface area contributed by atoms with E-state index in [2.05, 4.69) is 5.43 Å². The first-order chi connectivity index (χ1) is 6.09. The van der Waals surface area contributed by atoms with E-state index in [0.29, 0.717) is 0 Å². The fraction of sp³-hybridized carbons (Fsp3) is 0.400. The van der Waals surface area contributed by atoms with Crippen molar-refractivity contribution in [2.75, 3.05) is 14.1 Å². The molecule has 0 aliphatic rings. The van der Waals surface area contributed by atoms with Crippen molar-refractivity contribution < 1.29 is 4.39 Å². The molecule has 0 aliphatic heterocycles. The predicted molar refractivity (Wildman–Crippen MR) is 51.7 cm³/mol. The Kier molecular flexibility index (Phi) is 3.39. The number of hydrogen-bond donors (Lipinski definition) is 1. The first-order valence-electron chi connectivity index (χ1n) is 4.25. The molecule has 13 heavy (non-hydrogen) atoms. The van der Waals surface area contributed by atoms with Gasteiger partial charge in [0.15, 0.2) is 0 Å². The Balaban J connectivity index is 2.67. The maximum absolute atomic E-state index is 12.7. The first kappa shape index (κ1) is 10.2. The van der Waals surface area contributed by atoms with Gasteiger partial charge >= 0.3 is 0 Å². The lowest BCUT2D eigenvalue weighted by atomic mass is 10.1. The number of aryl methyl sites for hydroxylation is 1. The van der Waals surface area contributed by atoms with E-state index >= 15 is 0 Å². The molecule has 72 valence electrons. The molecule has 3 heteroatoms. The van der Waals surface area contributed by atoms with Crippen LogP contribution in [0.1, 0.15) is 11.1 Å². The van der Waals surface area contributed by atoms with Crippen LogP contribution < -0.4 is 5.43 Å². The lowest BCUT2D eigenvalue weighted by Gasteiger charge is -2.13. The van der Waals surface area contributed by atoms with E-state index in [1.165, 1.54) is 6.07 Å². The Morgan fingerprint density at radius 1 is 1.38 bits per heavy atom. The van der Waals surface area contributed by atoms with E-state index in [0.717, 1.165) is 17.7 Å². The standard InChI is InChI=1S/C10H15FN2/c1-8-6-10(11)5-4-9(8)7-12-13(2)3/h4-6,12H,7H2,1-3H3. The van der Waals surface area contributed by atoms with E-state index in [-0.39, 0.29) is 5.82 Å². The Morgan fingerprint density at radius 3 is 2.62 bits per heavy atom. The molecule has 1 aromatic carbocycles. The molecular formula is C10H15FN2. The number of hydrogen-bond acceptors (Lipinski definition) is 2. The highest BCUT2D eigenvalue weighted by Gasteiger charge is 1.99. The smallest absolute Gasteiger partial charge is 0.123 e. The molecule has 1 rings (SSSR count). The quantitative estimate of drug-likeness (QED) is 0.716. The van der Waals surface area contributed by atoms with Crippen LogP contribution in [0.25, 0.3) is 0 Å². The molecule has 0 radical (unpaired) electrons. The Labute approximate surface area is 78.3 Å². The van der Waals surface area contributed by atoms with E-state index in [9.17, 15) is 4.39 Å². The van der Waals surface area contributed by atoms with Crippen LogP contribution >= 0.6 is 0 Å². The van der Waals surface area contributed by atoms with Crippen LogP contribution in [0.3, 0.4) is 0 Å². The van der Waals surface area contributed by atoms with Gasteiger partial charge in [0, 0.05) is 20.6 Å². The minimum absolute atomic E-state index is 0.175. The van der Waals surface area contributed by atoms with Crippen molar-refractivity contribution in [1.29, 1.82) is 0 Å². The van der Waals surface area contributed by atoms with Gasteiger partial charge in [0.1, 0.15) is 5.82 Å². The van der Waals surface area contributed by atoms with Gasteiger partial charge in [-0.2, -0.15) is 0 Å². The number of halogens is 1. The zero-order chi connectivity index (χ0) is 9.84. The highest BCUT2D eigenvalue weighted by atomic mass is 19.1. The third kappa shape index (κ3) is 3.13. The fourth-order valence-corrected chi connectivity index (χ4v) is 1.10. The lowest BCUT2D eigenvalue weighted by molar-refractivity contribution is 0.285. The summed E-state index contributed by atoms with van der Waals surface area (Å²) >= 11 is 0. The second-order valence-electron chi connectivity index (χ2n) is 3.30. The summed E-state index contributed by atoms with van der Waals surface area (Å²) in [6, 6.07) is 4.84. The van der Waals surface area contributed by atoms with Gasteiger partial charge in [0.05, 0.1) is 0 Å². The molecule has 0 unspecified atom stereocenters. The van der Waals surface area contributed by atoms with Crippen LogP contribution in [0, 0.1) is 12.7 Å². The number of hydrazine groups is 1. The van der Waals surface area contributed by atoms with Gasteiger partial charge in [0.25, 0.3) is 0 Å². The summed E-state index contributed by atoms with van der Waals surface area (Å²) in [7, 11) is 3.86. The van der Waals surface area contributed by atoms with E-state index in [4.69, 9.17) is 0 Å². The van der Waals surface area contributed by atoms with Crippen molar-refractivity contribution in [2.24, 2.45) is 0 Å². The van der Waals surface area contributed by atoms with Gasteiger partial charge in [0.2, 0.25) is 0 Å². The first-order valence-corrected chi connectivity index (χ1v) is 4.25. The molecule has 0 saturated carbocycles. The van der Waals surface area contributed by atoms with Crippen LogP contribution in [0.5, 0.6) is 0 Å². The van der Waals surface area contributed by atoms with Gasteiger partial charge in [-0.3, -0.25) is 10.4 Å². The van der Waals surface area contributed by atoms with Gasteiger partial charge in [-0.05, 0) is 30.2 Å². The van der Waals surface area contributed by atoms with Crippen molar-refractivity contribution in [3.8, 4) is 0 Å². The highest BCUT2D eigenvalue weighted by molar-refractivity contribution is 5.26. The third-order valence-corrected chi connectivity index (χ3v) is 1.89. The number of nitrogens with one attached hydrogen (secondary N) is 1. The topological polar surface area (TPSA) is 15.3 Å². The van der Waals surface area contributed by atoms with E-state index in [1.54, 1.807) is 12.1 Å². The predicted octanol–water partition coefficient (Wildman–Crippen LogP) is 1.70. The minimum Gasteiger partial charge on any atom is -0.251 e. The number of rotatable bonds is 3. The number of nitrogens with zero attached hydrogens (tertiary/aromatic N) is 1. The van der Waals surface area contributed by atoms with E-state index < -0.39 is 0 Å². The van der Waals surface area contributed by atoms with E-state index in [1.807, 2.05) is 26.0 Å². The summed E-state index contributed by atoms with van der Waals surface area (Å²) < 4.78 is 12.7. The largest absolute Gasteiger partial charge is 0.251 e. The summed E-state index contributed by atoms with van der Waals surface area (Å²) in [5.41, 5.74) is 5.23. The third-order valence-electron chi connectivity index (χ3n) is 1.89. The molecule has 0 fully saturated rings. The van der Waals surface area contributed by atoms with Crippen LogP contribution in [-0.4, -0.2) is 19.1 Å². The zero-order valence-electron chi connectivity index (χ0n) is 8.26. The van der Waals surface area contributed by atoms with Gasteiger partial charge in [-0.15, -0.1) is 0 Å². The van der Waals surface area contributed by atoms with Crippen molar-refractivity contribution in [3.63, 3.8) is 0 Å². The van der Waals surface area contributed by atoms with Crippen molar-refractivity contribution >= 4 is 0 Å². The van der Waals surface area contributed by atoms with Gasteiger partial charge < -0.3 is 0 Å². The Bertz CT molecular complexity index is 284. The molecule has 2 nitrogen and oxygen atoms in total. The highest BCUT2D eigenvalue weighted by Crippen LogP contribution is 2.09. The molecule has 0 atom stereocenters. The van der Waals surface area contributed by atoms with Gasteiger partial charge in [-0.25, -0.2) is 4.39 Å². The molecule has 0 spiro atoms. The molecule has 0 amide bonds. The van der Waals surface area contributed by atoms with Crippen LogP contribution in [0.2, 0.25) is 0 Å². The SMILES string of the molecule is Cc1cc(F)ccc1CNN(C)C. The molecule has 1 N–H and O–H groups in total. The second-order valence-corrected chi connectivity index (χ2v) is 3.30. The molecule has 0 heterocycles.